The maximum Gasteiger partial charge on any atom is 0.0928 e. The molecule has 5 heteroatoms. The lowest BCUT2D eigenvalue weighted by Crippen LogP contribution is -2.24. The molecule has 0 radical (unpaired) electrons. The van der Waals surface area contributed by atoms with Crippen LogP contribution < -0.4 is 4.90 Å². The Morgan fingerprint density at radius 2 is 1.93 bits per heavy atom. The van der Waals surface area contributed by atoms with E-state index in [0.29, 0.717) is 18.6 Å². The van der Waals surface area contributed by atoms with Crippen LogP contribution in [0.25, 0.3) is 10.9 Å². The van der Waals surface area contributed by atoms with Gasteiger partial charge in [-0.25, -0.2) is 0 Å². The number of aliphatic hydroxyl groups is 2. The fraction of sp³-hybridized carbons (Fsp3) is 0.500. The molecule has 2 heterocycles. The van der Waals surface area contributed by atoms with Gasteiger partial charge < -0.3 is 15.1 Å². The highest BCUT2D eigenvalue weighted by Gasteiger charge is 2.26. The standard InChI is InChI=1S/C22H29N3O2/c1-22(2,27)19-13-20-17(12-21(19)24-10-4-3-5-11-24)14-25(23-20)18-8-6-16(15-26)7-9-18/h3-5,10,12-14,16,18,26-27H,6-9,11,15H2,1-2H3. The van der Waals surface area contributed by atoms with Crippen LogP contribution in [0.15, 0.2) is 42.8 Å². The van der Waals surface area contributed by atoms with Crippen molar-refractivity contribution in [2.45, 2.75) is 51.2 Å². The van der Waals surface area contributed by atoms with Gasteiger partial charge in [-0.05, 0) is 63.7 Å². The van der Waals surface area contributed by atoms with E-state index in [1.807, 2.05) is 32.1 Å². The lowest BCUT2D eigenvalue weighted by atomic mass is 9.87. The Kier molecular flexibility index (Phi) is 4.82. The summed E-state index contributed by atoms with van der Waals surface area (Å²) in [7, 11) is 0. The fourth-order valence-electron chi connectivity index (χ4n) is 4.23. The Labute approximate surface area is 160 Å². The number of nitrogens with zero attached hydrogens (tertiary/aromatic N) is 3. The molecule has 27 heavy (non-hydrogen) atoms. The Hall–Kier alpha value is -2.11. The second kappa shape index (κ2) is 7.13. The minimum atomic E-state index is -0.943. The van der Waals surface area contributed by atoms with E-state index in [1.54, 1.807) is 0 Å². The molecule has 0 spiro atoms. The number of hydrogen-bond acceptors (Lipinski definition) is 4. The first kappa shape index (κ1) is 18.3. The largest absolute Gasteiger partial charge is 0.396 e. The third-order valence-corrected chi connectivity index (χ3v) is 5.87. The first-order valence-corrected chi connectivity index (χ1v) is 9.92. The number of anilines is 1. The molecule has 1 aromatic heterocycles. The van der Waals surface area contributed by atoms with Gasteiger partial charge >= 0.3 is 0 Å². The van der Waals surface area contributed by atoms with Crippen LogP contribution in [-0.4, -0.2) is 33.1 Å². The van der Waals surface area contributed by atoms with Crippen molar-refractivity contribution in [3.05, 3.63) is 48.3 Å². The third-order valence-electron chi connectivity index (χ3n) is 5.87. The zero-order valence-corrected chi connectivity index (χ0v) is 16.2. The third kappa shape index (κ3) is 3.66. The maximum atomic E-state index is 10.7. The summed E-state index contributed by atoms with van der Waals surface area (Å²) >= 11 is 0. The Balaban J connectivity index is 1.71. The molecule has 2 aliphatic rings. The number of aromatic nitrogens is 2. The van der Waals surface area contributed by atoms with E-state index in [1.165, 1.54) is 0 Å². The fourth-order valence-corrected chi connectivity index (χ4v) is 4.23. The molecule has 1 aliphatic heterocycles. The van der Waals surface area contributed by atoms with Crippen LogP contribution in [0.4, 0.5) is 5.69 Å². The minimum Gasteiger partial charge on any atom is -0.396 e. The zero-order valence-electron chi connectivity index (χ0n) is 16.2. The van der Waals surface area contributed by atoms with Crippen molar-refractivity contribution in [3.63, 3.8) is 0 Å². The zero-order chi connectivity index (χ0) is 19.0. The molecule has 0 bridgehead atoms. The molecule has 0 saturated heterocycles. The van der Waals surface area contributed by atoms with E-state index in [0.717, 1.165) is 54.4 Å². The Bertz CT molecular complexity index is 868. The van der Waals surface area contributed by atoms with Crippen molar-refractivity contribution in [2.75, 3.05) is 18.1 Å². The quantitative estimate of drug-likeness (QED) is 0.861. The molecular weight excluding hydrogens is 338 g/mol. The normalized spacial score (nSPS) is 23.3. The van der Waals surface area contributed by atoms with Crippen LogP contribution in [0.2, 0.25) is 0 Å². The molecule has 2 N–H and O–H groups in total. The van der Waals surface area contributed by atoms with Crippen LogP contribution in [0.3, 0.4) is 0 Å². The van der Waals surface area contributed by atoms with Crippen LogP contribution in [-0.2, 0) is 5.60 Å². The van der Waals surface area contributed by atoms with Gasteiger partial charge in [0.2, 0.25) is 0 Å². The molecule has 1 saturated carbocycles. The van der Waals surface area contributed by atoms with E-state index in [-0.39, 0.29) is 0 Å². The number of allylic oxidation sites excluding steroid dienone is 2. The van der Waals surface area contributed by atoms with Crippen molar-refractivity contribution in [3.8, 4) is 0 Å². The first-order valence-electron chi connectivity index (χ1n) is 9.92. The molecular formula is C22H29N3O2. The molecule has 5 nitrogen and oxygen atoms in total. The summed E-state index contributed by atoms with van der Waals surface area (Å²) in [5.74, 6) is 0.443. The van der Waals surface area contributed by atoms with Gasteiger partial charge in [-0.3, -0.25) is 4.68 Å². The van der Waals surface area contributed by atoms with Gasteiger partial charge in [0.05, 0.1) is 17.2 Å². The van der Waals surface area contributed by atoms with Gasteiger partial charge in [0.15, 0.2) is 0 Å². The summed E-state index contributed by atoms with van der Waals surface area (Å²) in [4.78, 5) is 2.16. The molecule has 0 amide bonds. The number of rotatable bonds is 4. The van der Waals surface area contributed by atoms with Gasteiger partial charge in [-0.1, -0.05) is 12.2 Å². The predicted octanol–water partition coefficient (Wildman–Crippen LogP) is 3.88. The SMILES string of the molecule is CC(C)(O)c1cc2nn(C3CCC(CO)CC3)cc2cc1N1C=CC=CC1. The molecule has 1 aromatic carbocycles. The van der Waals surface area contributed by atoms with E-state index in [9.17, 15) is 10.2 Å². The van der Waals surface area contributed by atoms with Gasteiger partial charge in [-0.2, -0.15) is 5.10 Å². The molecule has 4 rings (SSSR count). The van der Waals surface area contributed by atoms with Crippen LogP contribution in [0.5, 0.6) is 0 Å². The molecule has 0 unspecified atom stereocenters. The Morgan fingerprint density at radius 3 is 2.56 bits per heavy atom. The lowest BCUT2D eigenvalue weighted by Gasteiger charge is -2.28. The second-order valence-electron chi connectivity index (χ2n) is 8.38. The molecule has 2 aromatic rings. The van der Waals surface area contributed by atoms with Crippen molar-refractivity contribution in [2.24, 2.45) is 5.92 Å². The van der Waals surface area contributed by atoms with Crippen LogP contribution >= 0.6 is 0 Å². The first-order chi connectivity index (χ1) is 13.0. The van der Waals surface area contributed by atoms with Gasteiger partial charge in [0.25, 0.3) is 0 Å². The highest BCUT2D eigenvalue weighted by Crippen LogP contribution is 2.37. The average molecular weight is 367 g/mol. The highest BCUT2D eigenvalue weighted by atomic mass is 16.3. The van der Waals surface area contributed by atoms with Gasteiger partial charge in [0, 0.05) is 42.2 Å². The second-order valence-corrected chi connectivity index (χ2v) is 8.38. The van der Waals surface area contributed by atoms with Crippen LogP contribution in [0.1, 0.15) is 51.1 Å². The molecule has 1 fully saturated rings. The van der Waals surface area contributed by atoms with Crippen molar-refractivity contribution >= 4 is 16.6 Å². The summed E-state index contributed by atoms with van der Waals surface area (Å²) in [6, 6.07) is 4.58. The summed E-state index contributed by atoms with van der Waals surface area (Å²) in [5, 5.41) is 26.0. The van der Waals surface area contributed by atoms with Crippen LogP contribution in [0, 0.1) is 5.92 Å². The summed E-state index contributed by atoms with van der Waals surface area (Å²) in [6.45, 7) is 4.75. The monoisotopic (exact) mass is 367 g/mol. The van der Waals surface area contributed by atoms with Crippen molar-refractivity contribution < 1.29 is 10.2 Å². The van der Waals surface area contributed by atoms with E-state index < -0.39 is 5.60 Å². The maximum absolute atomic E-state index is 10.7. The van der Waals surface area contributed by atoms with Gasteiger partial charge in [0.1, 0.15) is 0 Å². The summed E-state index contributed by atoms with van der Waals surface area (Å²) in [5.41, 5.74) is 1.90. The number of aliphatic hydroxyl groups excluding tert-OH is 1. The number of benzene rings is 1. The van der Waals surface area contributed by atoms with E-state index in [2.05, 4.69) is 34.1 Å². The summed E-state index contributed by atoms with van der Waals surface area (Å²) < 4.78 is 2.10. The molecule has 1 aliphatic carbocycles. The predicted molar refractivity (Wildman–Crippen MR) is 109 cm³/mol. The topological polar surface area (TPSA) is 61.5 Å². The number of fused-ring (bicyclic) bond motifs is 1. The molecule has 0 atom stereocenters. The van der Waals surface area contributed by atoms with E-state index in [4.69, 9.17) is 5.10 Å². The average Bonchev–Trinajstić information content (AvgIpc) is 3.10. The highest BCUT2D eigenvalue weighted by molar-refractivity contribution is 5.85. The van der Waals surface area contributed by atoms with Crippen molar-refractivity contribution in [1.82, 2.24) is 9.78 Å². The Morgan fingerprint density at radius 1 is 1.15 bits per heavy atom. The van der Waals surface area contributed by atoms with E-state index >= 15 is 0 Å². The number of hydrogen-bond donors (Lipinski definition) is 2. The van der Waals surface area contributed by atoms with Gasteiger partial charge in [-0.15, -0.1) is 0 Å². The van der Waals surface area contributed by atoms with Crippen molar-refractivity contribution in [1.29, 1.82) is 0 Å². The summed E-state index contributed by atoms with van der Waals surface area (Å²) in [6.07, 6.45) is 14.6. The molecule has 144 valence electrons. The minimum absolute atomic E-state index is 0.296. The lowest BCUT2D eigenvalue weighted by molar-refractivity contribution is 0.0792. The smallest absolute Gasteiger partial charge is 0.0928 e.